The van der Waals surface area contributed by atoms with Gasteiger partial charge in [0.2, 0.25) is 0 Å². The third-order valence-corrected chi connectivity index (χ3v) is 8.57. The zero-order chi connectivity index (χ0) is 27.9. The summed E-state index contributed by atoms with van der Waals surface area (Å²) in [5.74, 6) is 0.548. The van der Waals surface area contributed by atoms with Crippen molar-refractivity contribution in [1.29, 1.82) is 0 Å². The predicted molar refractivity (Wildman–Crippen MR) is 170 cm³/mol. The van der Waals surface area contributed by atoms with E-state index >= 15 is 0 Å². The van der Waals surface area contributed by atoms with Crippen LogP contribution in [0.5, 0.6) is 0 Å². The summed E-state index contributed by atoms with van der Waals surface area (Å²) in [5.41, 5.74) is 0. The van der Waals surface area contributed by atoms with Crippen LogP contribution in [-0.4, -0.2) is 19.0 Å². The Morgan fingerprint density at radius 2 is 0.947 bits per heavy atom. The quantitative estimate of drug-likeness (QED) is 0.0653. The van der Waals surface area contributed by atoms with Gasteiger partial charge in [-0.2, -0.15) is 0 Å². The molecule has 2 unspecified atom stereocenters. The van der Waals surface area contributed by atoms with E-state index in [2.05, 4.69) is 26.0 Å². The summed E-state index contributed by atoms with van der Waals surface area (Å²) in [6, 6.07) is 0. The van der Waals surface area contributed by atoms with Crippen molar-refractivity contribution < 1.29 is 9.53 Å². The van der Waals surface area contributed by atoms with Crippen molar-refractivity contribution in [2.24, 2.45) is 5.92 Å². The smallest absolute Gasteiger partial charge is 0.133 e. The first-order valence-corrected chi connectivity index (χ1v) is 17.3. The molecule has 0 aromatic carbocycles. The van der Waals surface area contributed by atoms with Gasteiger partial charge in [-0.3, -0.25) is 4.79 Å². The van der Waals surface area contributed by atoms with E-state index in [0.29, 0.717) is 5.78 Å². The predicted octanol–water partition coefficient (Wildman–Crippen LogP) is 12.3. The number of rotatable bonds is 31. The minimum atomic E-state index is 0.202. The van der Waals surface area contributed by atoms with Crippen LogP contribution in [-0.2, 0) is 9.53 Å². The van der Waals surface area contributed by atoms with Gasteiger partial charge in [0, 0.05) is 13.0 Å². The molecule has 0 aliphatic carbocycles. The summed E-state index contributed by atoms with van der Waals surface area (Å²) >= 11 is 0. The molecule has 0 saturated heterocycles. The van der Waals surface area contributed by atoms with Gasteiger partial charge in [0.25, 0.3) is 0 Å². The monoisotopic (exact) mass is 535 g/mol. The second kappa shape index (κ2) is 30.9. The summed E-state index contributed by atoms with van der Waals surface area (Å²) in [5, 5.41) is 0. The molecule has 0 bridgehead atoms. The summed E-state index contributed by atoms with van der Waals surface area (Å²) in [6.45, 7) is 6.02. The third kappa shape index (κ3) is 27.0. The fourth-order valence-corrected chi connectivity index (χ4v) is 5.77. The van der Waals surface area contributed by atoms with Crippen molar-refractivity contribution in [3.05, 3.63) is 12.2 Å². The van der Waals surface area contributed by atoms with Gasteiger partial charge in [-0.05, 0) is 46.0 Å². The molecule has 0 aromatic heterocycles. The highest BCUT2D eigenvalue weighted by atomic mass is 16.5. The number of ketones is 1. The van der Waals surface area contributed by atoms with Gasteiger partial charge in [0.1, 0.15) is 5.78 Å². The highest BCUT2D eigenvalue weighted by Crippen LogP contribution is 2.21. The molecule has 0 heterocycles. The highest BCUT2D eigenvalue weighted by molar-refractivity contribution is 5.78. The van der Waals surface area contributed by atoms with E-state index in [1.165, 1.54) is 154 Å². The van der Waals surface area contributed by atoms with Crippen LogP contribution in [0.3, 0.4) is 0 Å². The summed E-state index contributed by atoms with van der Waals surface area (Å²) in [6.07, 6.45) is 41.6. The van der Waals surface area contributed by atoms with Crippen molar-refractivity contribution in [3.8, 4) is 0 Å². The Hall–Kier alpha value is -0.630. The number of methoxy groups -OCH3 is 1. The number of Topliss-reactive ketones (excluding diaryl/α,β-unsaturated/α-hetero) is 1. The molecule has 0 fully saturated rings. The molecule has 2 atom stereocenters. The first kappa shape index (κ1) is 37.4. The lowest BCUT2D eigenvalue weighted by Crippen LogP contribution is -2.20. The van der Waals surface area contributed by atoms with Gasteiger partial charge in [-0.1, -0.05) is 160 Å². The van der Waals surface area contributed by atoms with Gasteiger partial charge in [-0.25, -0.2) is 0 Å². The van der Waals surface area contributed by atoms with Gasteiger partial charge < -0.3 is 4.74 Å². The lowest BCUT2D eigenvalue weighted by Gasteiger charge is -2.19. The third-order valence-electron chi connectivity index (χ3n) is 8.57. The summed E-state index contributed by atoms with van der Waals surface area (Å²) < 4.78 is 5.49. The Kier molecular flexibility index (Phi) is 30.4. The van der Waals surface area contributed by atoms with E-state index in [9.17, 15) is 4.79 Å². The molecule has 0 N–H and O–H groups in total. The number of hydrogen-bond donors (Lipinski definition) is 0. The Morgan fingerprint density at radius 3 is 1.24 bits per heavy atom. The maximum atomic E-state index is 11.9. The van der Waals surface area contributed by atoms with Crippen LogP contribution in [0.4, 0.5) is 0 Å². The van der Waals surface area contributed by atoms with Gasteiger partial charge in [0.05, 0.1) is 6.10 Å². The van der Waals surface area contributed by atoms with E-state index < -0.39 is 0 Å². The average molecular weight is 535 g/mol. The standard InChI is InChI=1S/C36H70O2/c1-5-7-8-9-10-11-12-13-14-15-16-17-18-19-20-21-22-23-24-25-26-27-28-29-30-31-32-35(34(3)37)33-36(6-2)38-4/h5,7,35-36H,6,8-33H2,1-4H3/b7-5+. The zero-order valence-corrected chi connectivity index (χ0v) is 26.7. The number of unbranched alkanes of at least 4 members (excludes halogenated alkanes) is 23. The minimum absolute atomic E-state index is 0.202. The molecule has 0 aliphatic rings. The highest BCUT2D eigenvalue weighted by Gasteiger charge is 2.18. The van der Waals surface area contributed by atoms with Crippen molar-refractivity contribution in [2.45, 2.75) is 200 Å². The van der Waals surface area contributed by atoms with Crippen LogP contribution in [0.15, 0.2) is 12.2 Å². The zero-order valence-electron chi connectivity index (χ0n) is 26.7. The number of carbonyl (C=O) groups is 1. The topological polar surface area (TPSA) is 26.3 Å². The van der Waals surface area contributed by atoms with Crippen LogP contribution < -0.4 is 0 Å². The molecular weight excluding hydrogens is 464 g/mol. The maximum Gasteiger partial charge on any atom is 0.133 e. The molecule has 38 heavy (non-hydrogen) atoms. The van der Waals surface area contributed by atoms with Crippen LogP contribution in [0.1, 0.15) is 194 Å². The Bertz CT molecular complexity index is 494. The summed E-state index contributed by atoms with van der Waals surface area (Å²) in [4.78, 5) is 11.9. The number of ether oxygens (including phenoxy) is 1. The van der Waals surface area contributed by atoms with Gasteiger partial charge in [-0.15, -0.1) is 0 Å². The van der Waals surface area contributed by atoms with Gasteiger partial charge in [0.15, 0.2) is 0 Å². The number of carbonyl (C=O) groups excluding carboxylic acids is 1. The molecule has 2 heteroatoms. The van der Waals surface area contributed by atoms with Crippen molar-refractivity contribution >= 4 is 5.78 Å². The Balaban J connectivity index is 3.25. The lowest BCUT2D eigenvalue weighted by atomic mass is 9.90. The van der Waals surface area contributed by atoms with Gasteiger partial charge >= 0.3 is 0 Å². The molecule has 0 rings (SSSR count). The van der Waals surface area contributed by atoms with E-state index in [-0.39, 0.29) is 12.0 Å². The molecule has 226 valence electrons. The van der Waals surface area contributed by atoms with Crippen LogP contribution >= 0.6 is 0 Å². The normalized spacial score (nSPS) is 13.4. The van der Waals surface area contributed by atoms with Crippen LogP contribution in [0, 0.1) is 5.92 Å². The first-order valence-electron chi connectivity index (χ1n) is 17.3. The van der Waals surface area contributed by atoms with Crippen LogP contribution in [0.25, 0.3) is 0 Å². The molecule has 0 spiro atoms. The molecule has 0 saturated carbocycles. The molecule has 0 aromatic rings. The Labute approximate surface area is 240 Å². The molecule has 0 aliphatic heterocycles. The molecular formula is C36H70O2. The first-order chi connectivity index (χ1) is 18.7. The fourth-order valence-electron chi connectivity index (χ4n) is 5.77. The summed E-state index contributed by atoms with van der Waals surface area (Å²) in [7, 11) is 1.77. The van der Waals surface area contributed by atoms with E-state index in [1.807, 2.05) is 0 Å². The second-order valence-electron chi connectivity index (χ2n) is 12.1. The number of hydrogen-bond acceptors (Lipinski definition) is 2. The maximum absolute atomic E-state index is 11.9. The van der Waals surface area contributed by atoms with E-state index in [4.69, 9.17) is 4.74 Å². The van der Waals surface area contributed by atoms with Crippen molar-refractivity contribution in [1.82, 2.24) is 0 Å². The number of allylic oxidation sites excluding steroid dienone is 2. The fraction of sp³-hybridized carbons (Fsp3) is 0.917. The molecule has 2 nitrogen and oxygen atoms in total. The SMILES string of the molecule is C/C=C/CCCCCCCCCCCCCCCCCCCCCCCCCC(CC(CC)OC)C(C)=O. The Morgan fingerprint density at radius 1 is 0.605 bits per heavy atom. The van der Waals surface area contributed by atoms with E-state index in [1.54, 1.807) is 14.0 Å². The largest absolute Gasteiger partial charge is 0.381 e. The molecule has 0 amide bonds. The second-order valence-corrected chi connectivity index (χ2v) is 12.1. The van der Waals surface area contributed by atoms with Crippen molar-refractivity contribution in [3.63, 3.8) is 0 Å². The van der Waals surface area contributed by atoms with Crippen LogP contribution in [0.2, 0.25) is 0 Å². The average Bonchev–Trinajstić information content (AvgIpc) is 2.92. The lowest BCUT2D eigenvalue weighted by molar-refractivity contribution is -0.122. The van der Waals surface area contributed by atoms with Crippen molar-refractivity contribution in [2.75, 3.05) is 7.11 Å². The molecule has 0 radical (unpaired) electrons. The van der Waals surface area contributed by atoms with E-state index in [0.717, 1.165) is 19.3 Å². The minimum Gasteiger partial charge on any atom is -0.381 e.